The lowest BCUT2D eigenvalue weighted by molar-refractivity contribution is 0.134. The van der Waals surface area contributed by atoms with Crippen molar-refractivity contribution in [2.45, 2.75) is 79.6 Å². The molecule has 0 radical (unpaired) electrons. The number of rotatable bonds is 14. The van der Waals surface area contributed by atoms with E-state index in [1.54, 1.807) is 29.8 Å². The molecule has 0 amide bonds. The van der Waals surface area contributed by atoms with E-state index >= 15 is 0 Å². The van der Waals surface area contributed by atoms with E-state index in [1.807, 2.05) is 69.5 Å². The number of methoxy groups -OCH3 is 1. The molecule has 5 heterocycles. The molecular formula is C44H55Cl2N7O4S2. The minimum atomic E-state index is 0.0188. The van der Waals surface area contributed by atoms with Gasteiger partial charge in [0.1, 0.15) is 56.0 Å². The van der Waals surface area contributed by atoms with Crippen molar-refractivity contribution >= 4 is 72.8 Å². The highest BCUT2D eigenvalue weighted by molar-refractivity contribution is 7.14. The number of hydrogen-bond donors (Lipinski definition) is 1. The summed E-state index contributed by atoms with van der Waals surface area (Å²) in [6, 6.07) is 11.8. The summed E-state index contributed by atoms with van der Waals surface area (Å²) in [5.41, 5.74) is 4.67. The Balaban J connectivity index is 0.000000208. The van der Waals surface area contributed by atoms with Gasteiger partial charge in [0.25, 0.3) is 0 Å². The number of likely N-dealkylation sites (N-methyl/N-ethyl adjacent to an activating group) is 1. The molecule has 0 unspecified atom stereocenters. The summed E-state index contributed by atoms with van der Waals surface area (Å²) in [5.74, 6) is 3.11. The predicted octanol–water partition coefficient (Wildman–Crippen LogP) is 11.2. The van der Waals surface area contributed by atoms with E-state index in [2.05, 4.69) is 55.2 Å². The zero-order chi connectivity index (χ0) is 42.4. The summed E-state index contributed by atoms with van der Waals surface area (Å²) in [6.07, 6.45) is 0.0622. The Morgan fingerprint density at radius 1 is 0.695 bits per heavy atom. The van der Waals surface area contributed by atoms with Gasteiger partial charge >= 0.3 is 0 Å². The second-order valence-electron chi connectivity index (χ2n) is 15.7. The number of aromatic nitrogens is 4. The van der Waals surface area contributed by atoms with Crippen LogP contribution in [0.3, 0.4) is 0 Å². The second-order valence-corrected chi connectivity index (χ2v) is 18.1. The molecule has 0 atom stereocenters. The molecule has 0 aliphatic carbocycles. The fourth-order valence-corrected chi connectivity index (χ4v) is 8.70. The van der Waals surface area contributed by atoms with Crippen LogP contribution < -0.4 is 24.3 Å². The lowest BCUT2D eigenvalue weighted by atomic mass is 10.1. The number of piperazine rings is 1. The topological polar surface area (TPSA) is 107 Å². The molecule has 11 nitrogen and oxygen atoms in total. The van der Waals surface area contributed by atoms with Crippen LogP contribution in [-0.4, -0.2) is 101 Å². The van der Waals surface area contributed by atoms with E-state index in [4.69, 9.17) is 62.1 Å². The molecule has 59 heavy (non-hydrogen) atoms. The molecule has 0 spiro atoms. The van der Waals surface area contributed by atoms with Crippen molar-refractivity contribution in [3.05, 3.63) is 62.9 Å². The third-order valence-electron chi connectivity index (χ3n) is 9.41. The van der Waals surface area contributed by atoms with Crippen molar-refractivity contribution in [3.63, 3.8) is 0 Å². The van der Waals surface area contributed by atoms with Crippen molar-refractivity contribution in [1.82, 2.24) is 29.7 Å². The minimum Gasteiger partial charge on any atom is -0.495 e. The van der Waals surface area contributed by atoms with Crippen molar-refractivity contribution < 1.29 is 18.9 Å². The van der Waals surface area contributed by atoms with Gasteiger partial charge in [-0.15, -0.1) is 22.7 Å². The number of thiazole rings is 2. The normalized spacial score (nSPS) is 13.8. The van der Waals surface area contributed by atoms with Gasteiger partial charge in [-0.2, -0.15) is 0 Å². The first-order chi connectivity index (χ1) is 28.2. The van der Waals surface area contributed by atoms with Crippen molar-refractivity contribution in [1.29, 1.82) is 0 Å². The first-order valence-electron chi connectivity index (χ1n) is 20.1. The zero-order valence-electron chi connectivity index (χ0n) is 35.6. The molecule has 4 aromatic heterocycles. The molecular weight excluding hydrogens is 826 g/mol. The first-order valence-corrected chi connectivity index (χ1v) is 22.6. The van der Waals surface area contributed by atoms with Crippen LogP contribution >= 0.6 is 45.9 Å². The SMILES string of the molecule is CC(C)Nc1nc(-c2cc(OC(C)C)c3ccc(OCCN4CCN(C)CC4)c(Cl)c3n2)cs1.COc1ccc2c(OC(C)C)cc(-c3nc(C(C)C)cs3)nc2c1Cl. The molecule has 1 saturated heterocycles. The highest BCUT2D eigenvalue weighted by Gasteiger charge is 2.20. The zero-order valence-corrected chi connectivity index (χ0v) is 38.7. The summed E-state index contributed by atoms with van der Waals surface area (Å²) in [6.45, 7) is 22.2. The van der Waals surface area contributed by atoms with Crippen LogP contribution in [0.25, 0.3) is 43.9 Å². The fourth-order valence-electron chi connectivity index (χ4n) is 6.36. The lowest BCUT2D eigenvalue weighted by Gasteiger charge is -2.32. The Kier molecular flexibility index (Phi) is 15.1. The number of nitrogens with one attached hydrogen (secondary N) is 1. The Labute approximate surface area is 366 Å². The maximum absolute atomic E-state index is 6.83. The minimum absolute atomic E-state index is 0.0188. The third kappa shape index (κ3) is 11.2. The molecule has 7 rings (SSSR count). The van der Waals surface area contributed by atoms with Crippen molar-refractivity contribution in [2.24, 2.45) is 0 Å². The van der Waals surface area contributed by atoms with E-state index in [0.29, 0.717) is 51.1 Å². The maximum Gasteiger partial charge on any atom is 0.183 e. The van der Waals surface area contributed by atoms with Crippen LogP contribution in [0.4, 0.5) is 5.13 Å². The summed E-state index contributed by atoms with van der Waals surface area (Å²) in [5, 5.41) is 11.9. The maximum atomic E-state index is 6.83. The van der Waals surface area contributed by atoms with Crippen LogP contribution in [0.2, 0.25) is 10.0 Å². The number of anilines is 1. The lowest BCUT2D eigenvalue weighted by Crippen LogP contribution is -2.45. The summed E-state index contributed by atoms with van der Waals surface area (Å²) in [4.78, 5) is 23.8. The molecule has 0 saturated carbocycles. The third-order valence-corrected chi connectivity index (χ3v) is 11.8. The van der Waals surface area contributed by atoms with Gasteiger partial charge in [-0.05, 0) is 78.8 Å². The summed E-state index contributed by atoms with van der Waals surface area (Å²) in [7, 11) is 3.76. The number of benzene rings is 2. The number of ether oxygens (including phenoxy) is 4. The van der Waals surface area contributed by atoms with Gasteiger partial charge in [0, 0.05) is 72.4 Å². The Morgan fingerprint density at radius 3 is 1.86 bits per heavy atom. The number of fused-ring (bicyclic) bond motifs is 2. The number of halogens is 2. The Morgan fingerprint density at radius 2 is 1.29 bits per heavy atom. The van der Waals surface area contributed by atoms with Gasteiger partial charge in [-0.1, -0.05) is 37.0 Å². The average Bonchev–Trinajstić information content (AvgIpc) is 3.88. The predicted molar refractivity (Wildman–Crippen MR) is 246 cm³/mol. The summed E-state index contributed by atoms with van der Waals surface area (Å²) >= 11 is 16.5. The van der Waals surface area contributed by atoms with Gasteiger partial charge < -0.3 is 29.2 Å². The highest BCUT2D eigenvalue weighted by atomic mass is 35.5. The van der Waals surface area contributed by atoms with Crippen LogP contribution in [0.15, 0.2) is 47.2 Å². The van der Waals surface area contributed by atoms with Gasteiger partial charge in [-0.3, -0.25) is 4.90 Å². The molecule has 316 valence electrons. The van der Waals surface area contributed by atoms with Crippen LogP contribution in [-0.2, 0) is 0 Å². The Hall–Kier alpha value is -3.98. The quantitative estimate of drug-likeness (QED) is 0.113. The molecule has 1 N–H and O–H groups in total. The molecule has 15 heteroatoms. The van der Waals surface area contributed by atoms with Gasteiger partial charge in [0.15, 0.2) is 5.13 Å². The van der Waals surface area contributed by atoms with Crippen LogP contribution in [0.5, 0.6) is 23.0 Å². The molecule has 0 bridgehead atoms. The van der Waals surface area contributed by atoms with Crippen LogP contribution in [0.1, 0.15) is 67.0 Å². The molecule has 1 aliphatic rings. The number of pyridine rings is 2. The largest absolute Gasteiger partial charge is 0.495 e. The first kappa shape index (κ1) is 44.6. The van der Waals surface area contributed by atoms with Crippen LogP contribution in [0, 0.1) is 0 Å². The summed E-state index contributed by atoms with van der Waals surface area (Å²) < 4.78 is 23.6. The fraction of sp³-hybridized carbons (Fsp3) is 0.455. The second kappa shape index (κ2) is 20.1. The van der Waals surface area contributed by atoms with Gasteiger partial charge in [0.05, 0.1) is 41.7 Å². The highest BCUT2D eigenvalue weighted by Crippen LogP contribution is 2.41. The molecule has 1 fully saturated rings. The van der Waals surface area contributed by atoms with E-state index in [0.717, 1.165) is 87.9 Å². The average molecular weight is 881 g/mol. The van der Waals surface area contributed by atoms with Crippen molar-refractivity contribution in [3.8, 4) is 45.1 Å². The number of hydrogen-bond acceptors (Lipinski definition) is 13. The van der Waals surface area contributed by atoms with Gasteiger partial charge in [-0.25, -0.2) is 19.9 Å². The van der Waals surface area contributed by atoms with E-state index in [1.165, 1.54) is 0 Å². The number of nitrogens with zero attached hydrogens (tertiary/aromatic N) is 6. The van der Waals surface area contributed by atoms with Gasteiger partial charge in [0.2, 0.25) is 0 Å². The monoisotopic (exact) mass is 879 g/mol. The molecule has 6 aromatic rings. The van der Waals surface area contributed by atoms with E-state index in [-0.39, 0.29) is 12.2 Å². The Bertz CT molecular complexity index is 2340. The van der Waals surface area contributed by atoms with E-state index in [9.17, 15) is 0 Å². The molecule has 2 aromatic carbocycles. The molecule has 1 aliphatic heterocycles. The van der Waals surface area contributed by atoms with Crippen molar-refractivity contribution in [2.75, 3.05) is 58.8 Å². The smallest absolute Gasteiger partial charge is 0.183 e. The van der Waals surface area contributed by atoms with E-state index < -0.39 is 0 Å². The standard InChI is InChI=1S/C25H34ClN5O2S.C19H21ClN2O2S/c1-16(2)27-25-29-20(15-34-25)19-14-22(33-17(3)4)18-6-7-21(23(26)24(18)28-19)32-13-12-31-10-8-30(5)9-11-31;1-10(2)14-9-25-19(22-14)13-8-16(24-11(3)4)12-6-7-15(23-5)17(20)18(12)21-13/h6-7,14-17H,8-13H2,1-5H3,(H,27,29);6-11H,1-5H3.